The van der Waals surface area contributed by atoms with Gasteiger partial charge >= 0.3 is 0 Å². The summed E-state index contributed by atoms with van der Waals surface area (Å²) in [6.07, 6.45) is 2.19. The molecule has 0 aromatic heterocycles. The van der Waals surface area contributed by atoms with Gasteiger partial charge in [0.05, 0.1) is 5.38 Å². The van der Waals surface area contributed by atoms with Gasteiger partial charge in [-0.2, -0.15) is 0 Å². The maximum absolute atomic E-state index is 6.29. The molecule has 76 valence electrons. The van der Waals surface area contributed by atoms with Crippen molar-refractivity contribution in [1.29, 1.82) is 0 Å². The lowest BCUT2D eigenvalue weighted by molar-refractivity contribution is 0.426. The largest absolute Gasteiger partial charge is 0.118 e. The normalized spacial score (nSPS) is 24.4. The van der Waals surface area contributed by atoms with Crippen molar-refractivity contribution in [2.45, 2.75) is 37.5 Å². The van der Waals surface area contributed by atoms with Gasteiger partial charge in [0.15, 0.2) is 0 Å². The van der Waals surface area contributed by atoms with Crippen molar-refractivity contribution in [2.75, 3.05) is 0 Å². The van der Waals surface area contributed by atoms with E-state index in [1.807, 2.05) is 12.1 Å². The number of benzene rings is 1. The Hall–Kier alpha value is -0.200. The first-order valence-corrected chi connectivity index (χ1v) is 5.76. The third-order valence-corrected chi connectivity index (χ3v) is 3.79. The molecule has 1 aromatic rings. The molecule has 2 heteroatoms. The zero-order chi connectivity index (χ0) is 10.3. The fourth-order valence-electron chi connectivity index (χ4n) is 2.19. The van der Waals surface area contributed by atoms with Crippen molar-refractivity contribution in [1.82, 2.24) is 0 Å². The molecule has 0 saturated carbocycles. The lowest BCUT2D eigenvalue weighted by Gasteiger charge is -2.35. The average Bonchev–Trinajstić information content (AvgIpc) is 2.12. The van der Waals surface area contributed by atoms with Gasteiger partial charge < -0.3 is 0 Å². The zero-order valence-corrected chi connectivity index (χ0v) is 9.99. The molecule has 0 spiro atoms. The van der Waals surface area contributed by atoms with Crippen LogP contribution in [0.2, 0.25) is 5.02 Å². The van der Waals surface area contributed by atoms with Gasteiger partial charge in [-0.25, -0.2) is 0 Å². The van der Waals surface area contributed by atoms with Crippen LogP contribution in [0.1, 0.15) is 43.2 Å². The summed E-state index contributed by atoms with van der Waals surface area (Å²) in [5, 5.41) is 0.920. The van der Waals surface area contributed by atoms with Gasteiger partial charge in [0.2, 0.25) is 0 Å². The van der Waals surface area contributed by atoms with Crippen molar-refractivity contribution in [3.05, 3.63) is 34.3 Å². The Morgan fingerprint density at radius 3 is 2.79 bits per heavy atom. The fourth-order valence-corrected chi connectivity index (χ4v) is 2.66. The Kier molecular flexibility index (Phi) is 2.53. The smallest absolute Gasteiger partial charge is 0.0589 e. The van der Waals surface area contributed by atoms with Gasteiger partial charge in [-0.1, -0.05) is 31.5 Å². The van der Waals surface area contributed by atoms with Gasteiger partial charge in [0.25, 0.3) is 0 Å². The summed E-state index contributed by atoms with van der Waals surface area (Å²) in [4.78, 5) is 0. The van der Waals surface area contributed by atoms with E-state index in [2.05, 4.69) is 19.9 Å². The SMILES string of the molecule is CC1(C)CCC(Cl)c2cc(Cl)ccc21. The van der Waals surface area contributed by atoms with E-state index >= 15 is 0 Å². The molecule has 0 bridgehead atoms. The molecule has 0 amide bonds. The standard InChI is InChI=1S/C12H14Cl2/c1-12(2)6-5-11(14)9-7-8(13)3-4-10(9)12/h3-4,7,11H,5-6H2,1-2H3. The minimum atomic E-state index is 0.136. The summed E-state index contributed by atoms with van der Waals surface area (Å²) in [6, 6.07) is 6.08. The zero-order valence-electron chi connectivity index (χ0n) is 8.48. The highest BCUT2D eigenvalue weighted by Crippen LogP contribution is 2.44. The van der Waals surface area contributed by atoms with Gasteiger partial charge in [0, 0.05) is 5.02 Å². The van der Waals surface area contributed by atoms with Crippen LogP contribution in [0.25, 0.3) is 0 Å². The van der Waals surface area contributed by atoms with E-state index in [1.165, 1.54) is 11.1 Å². The fraction of sp³-hybridized carbons (Fsp3) is 0.500. The maximum Gasteiger partial charge on any atom is 0.0589 e. The van der Waals surface area contributed by atoms with Crippen molar-refractivity contribution < 1.29 is 0 Å². The number of halogens is 2. The quantitative estimate of drug-likeness (QED) is 0.566. The van der Waals surface area contributed by atoms with Crippen LogP contribution in [0.5, 0.6) is 0 Å². The Morgan fingerprint density at radius 1 is 1.36 bits per heavy atom. The van der Waals surface area contributed by atoms with E-state index in [4.69, 9.17) is 23.2 Å². The maximum atomic E-state index is 6.29. The molecule has 1 unspecified atom stereocenters. The van der Waals surface area contributed by atoms with Crippen LogP contribution < -0.4 is 0 Å². The molecule has 0 radical (unpaired) electrons. The highest BCUT2D eigenvalue weighted by Gasteiger charge is 2.31. The topological polar surface area (TPSA) is 0 Å². The Labute approximate surface area is 95.2 Å². The van der Waals surface area contributed by atoms with E-state index in [0.29, 0.717) is 0 Å². The molecule has 0 N–H and O–H groups in total. The first-order chi connectivity index (χ1) is 6.50. The third kappa shape index (κ3) is 1.66. The summed E-state index contributed by atoms with van der Waals surface area (Å²) in [5.74, 6) is 0. The summed E-state index contributed by atoms with van der Waals surface area (Å²) in [7, 11) is 0. The molecule has 1 atom stereocenters. The van der Waals surface area contributed by atoms with Gasteiger partial charge in [-0.05, 0) is 41.5 Å². The molecule has 0 nitrogen and oxygen atoms in total. The lowest BCUT2D eigenvalue weighted by atomic mass is 9.73. The highest BCUT2D eigenvalue weighted by atomic mass is 35.5. The summed E-state index contributed by atoms with van der Waals surface area (Å²) < 4.78 is 0. The highest BCUT2D eigenvalue weighted by molar-refractivity contribution is 6.30. The Morgan fingerprint density at radius 2 is 2.07 bits per heavy atom. The average molecular weight is 229 g/mol. The summed E-state index contributed by atoms with van der Waals surface area (Å²) >= 11 is 12.3. The van der Waals surface area contributed by atoms with Crippen molar-refractivity contribution in [3.8, 4) is 0 Å². The van der Waals surface area contributed by atoms with E-state index in [9.17, 15) is 0 Å². The molecule has 0 fully saturated rings. The van der Waals surface area contributed by atoms with E-state index < -0.39 is 0 Å². The number of fused-ring (bicyclic) bond motifs is 1. The minimum absolute atomic E-state index is 0.136. The molecule has 1 aliphatic rings. The molecule has 14 heavy (non-hydrogen) atoms. The Bertz CT molecular complexity index is 355. The van der Waals surface area contributed by atoms with E-state index in [-0.39, 0.29) is 10.8 Å². The summed E-state index contributed by atoms with van der Waals surface area (Å²) in [5.41, 5.74) is 2.81. The predicted octanol–water partition coefficient (Wildman–Crippen LogP) is 4.69. The first-order valence-electron chi connectivity index (χ1n) is 4.95. The van der Waals surface area contributed by atoms with E-state index in [0.717, 1.165) is 17.9 Å². The Balaban J connectivity index is 2.57. The van der Waals surface area contributed by atoms with Crippen molar-refractivity contribution in [2.24, 2.45) is 0 Å². The number of hydrogen-bond donors (Lipinski definition) is 0. The summed E-state index contributed by atoms with van der Waals surface area (Å²) in [6.45, 7) is 4.53. The van der Waals surface area contributed by atoms with Gasteiger partial charge in [-0.3, -0.25) is 0 Å². The first kappa shape index (κ1) is 10.3. The second-order valence-electron chi connectivity index (χ2n) is 4.62. The number of hydrogen-bond acceptors (Lipinski definition) is 0. The van der Waals surface area contributed by atoms with Crippen LogP contribution in [0.15, 0.2) is 18.2 Å². The third-order valence-electron chi connectivity index (χ3n) is 3.10. The van der Waals surface area contributed by atoms with Crippen LogP contribution >= 0.6 is 23.2 Å². The van der Waals surface area contributed by atoms with Crippen LogP contribution in [-0.2, 0) is 5.41 Å². The molecule has 0 aliphatic heterocycles. The van der Waals surface area contributed by atoms with Crippen LogP contribution in [0, 0.1) is 0 Å². The van der Waals surface area contributed by atoms with Crippen LogP contribution in [0.3, 0.4) is 0 Å². The van der Waals surface area contributed by atoms with Gasteiger partial charge in [-0.15, -0.1) is 11.6 Å². The van der Waals surface area contributed by atoms with Crippen LogP contribution in [0.4, 0.5) is 0 Å². The lowest BCUT2D eigenvalue weighted by Crippen LogP contribution is -2.24. The van der Waals surface area contributed by atoms with Crippen molar-refractivity contribution >= 4 is 23.2 Å². The molecule has 0 saturated heterocycles. The molecule has 1 aliphatic carbocycles. The van der Waals surface area contributed by atoms with E-state index in [1.54, 1.807) is 0 Å². The van der Waals surface area contributed by atoms with Crippen molar-refractivity contribution in [3.63, 3.8) is 0 Å². The second-order valence-corrected chi connectivity index (χ2v) is 5.58. The number of alkyl halides is 1. The second kappa shape index (κ2) is 3.43. The molecule has 2 rings (SSSR count). The van der Waals surface area contributed by atoms with Crippen LogP contribution in [-0.4, -0.2) is 0 Å². The monoisotopic (exact) mass is 228 g/mol. The van der Waals surface area contributed by atoms with Gasteiger partial charge in [0.1, 0.15) is 0 Å². The molecule has 1 aromatic carbocycles. The molecular formula is C12H14Cl2. The predicted molar refractivity (Wildman–Crippen MR) is 62.3 cm³/mol. The molecule has 0 heterocycles. The minimum Gasteiger partial charge on any atom is -0.118 e. The molecular weight excluding hydrogens is 215 g/mol. The number of rotatable bonds is 0.